The molecule has 2 aromatic rings. The van der Waals surface area contributed by atoms with Crippen molar-refractivity contribution < 1.29 is 9.90 Å². The number of hydrogen-bond donors (Lipinski definition) is 1. The molecule has 0 saturated heterocycles. The minimum absolute atomic E-state index is 0.0173. The topological polar surface area (TPSA) is 64.3 Å². The van der Waals surface area contributed by atoms with Crippen LogP contribution in [0.2, 0.25) is 0 Å². The molecule has 0 unspecified atom stereocenters. The lowest BCUT2D eigenvalue weighted by atomic mass is 10.3. The van der Waals surface area contributed by atoms with Crippen molar-refractivity contribution in [1.82, 2.24) is 0 Å². The fraction of sp³-hybridized carbons (Fsp3) is 0.125. The number of phenols is 1. The maximum absolute atomic E-state index is 12.3. The summed E-state index contributed by atoms with van der Waals surface area (Å²) in [6, 6.07) is 17.9. The highest BCUT2D eigenvalue weighted by Crippen LogP contribution is 2.23. The number of carbonyl (C=O) groups excluding carboxylic acids is 1. The molecule has 0 spiro atoms. The molecule has 0 radical (unpaired) electrons. The number of hydrogen-bond acceptors (Lipinski definition) is 4. The predicted molar refractivity (Wildman–Crippen MR) is 83.2 cm³/mol. The van der Waals surface area contributed by atoms with Crippen LogP contribution in [0.1, 0.15) is 0 Å². The van der Waals surface area contributed by atoms with Crippen LogP contribution in [0.25, 0.3) is 0 Å². The molecular weight excluding hydrogens is 284 g/mol. The minimum Gasteiger partial charge on any atom is -0.508 e. The zero-order chi connectivity index (χ0) is 15.1. The van der Waals surface area contributed by atoms with E-state index >= 15 is 0 Å². The summed E-state index contributed by atoms with van der Waals surface area (Å²) in [5.41, 5.74) is 0.709. The van der Waals surface area contributed by atoms with Crippen molar-refractivity contribution in [1.29, 1.82) is 5.26 Å². The summed E-state index contributed by atoms with van der Waals surface area (Å²) in [7, 11) is 0. The Morgan fingerprint density at radius 3 is 2.62 bits per heavy atom. The molecule has 0 aliphatic carbocycles. The van der Waals surface area contributed by atoms with Crippen LogP contribution in [-0.4, -0.2) is 23.3 Å². The Balaban J connectivity index is 2.04. The molecule has 2 rings (SSSR count). The van der Waals surface area contributed by atoms with Crippen LogP contribution in [0, 0.1) is 11.3 Å². The number of amides is 1. The number of phenolic OH excluding ortho intramolecular Hbond substituents is 1. The van der Waals surface area contributed by atoms with Crippen LogP contribution in [0.5, 0.6) is 5.75 Å². The van der Waals surface area contributed by atoms with Crippen molar-refractivity contribution in [2.45, 2.75) is 4.90 Å². The molecule has 4 nitrogen and oxygen atoms in total. The molecule has 5 heteroatoms. The number of rotatable bonds is 5. The summed E-state index contributed by atoms with van der Waals surface area (Å²) in [5.74, 6) is 0.237. The van der Waals surface area contributed by atoms with Crippen LogP contribution in [0.15, 0.2) is 59.5 Å². The van der Waals surface area contributed by atoms with Gasteiger partial charge in [-0.25, -0.2) is 0 Å². The Kier molecular flexibility index (Phi) is 5.24. The van der Waals surface area contributed by atoms with E-state index in [4.69, 9.17) is 5.26 Å². The van der Waals surface area contributed by atoms with Crippen molar-refractivity contribution in [2.75, 3.05) is 17.2 Å². The second-order valence-electron chi connectivity index (χ2n) is 4.26. The summed E-state index contributed by atoms with van der Waals surface area (Å²) in [4.78, 5) is 14.6. The van der Waals surface area contributed by atoms with Gasteiger partial charge in [-0.15, -0.1) is 11.8 Å². The molecule has 21 heavy (non-hydrogen) atoms. The standard InChI is InChI=1S/C16H14N2O2S/c17-9-10-18(13-5-2-1-3-6-13)16(20)12-21-15-8-4-7-14(19)11-15/h1-8,11,19H,10,12H2. The first-order chi connectivity index (χ1) is 10.2. The van der Waals surface area contributed by atoms with Crippen LogP contribution in [0.4, 0.5) is 5.69 Å². The molecule has 0 fully saturated rings. The van der Waals surface area contributed by atoms with Crippen LogP contribution in [-0.2, 0) is 4.79 Å². The van der Waals surface area contributed by atoms with Gasteiger partial charge in [-0.2, -0.15) is 5.26 Å². The summed E-state index contributed by atoms with van der Waals surface area (Å²) in [5, 5.41) is 18.3. The highest BCUT2D eigenvalue weighted by molar-refractivity contribution is 8.00. The fourth-order valence-electron chi connectivity index (χ4n) is 1.80. The van der Waals surface area contributed by atoms with Gasteiger partial charge in [0.15, 0.2) is 0 Å². The van der Waals surface area contributed by atoms with Crippen molar-refractivity contribution >= 4 is 23.4 Å². The molecule has 0 aromatic heterocycles. The molecule has 1 amide bonds. The van der Waals surface area contributed by atoms with Crippen molar-refractivity contribution in [2.24, 2.45) is 0 Å². The summed E-state index contributed by atoms with van der Waals surface area (Å²) in [6.45, 7) is 0.0173. The summed E-state index contributed by atoms with van der Waals surface area (Å²) in [6.07, 6.45) is 0. The zero-order valence-corrected chi connectivity index (χ0v) is 12.1. The van der Waals surface area contributed by atoms with Gasteiger partial charge in [0, 0.05) is 10.6 Å². The molecule has 0 bridgehead atoms. The van der Waals surface area contributed by atoms with E-state index in [1.54, 1.807) is 30.3 Å². The van der Waals surface area contributed by atoms with Gasteiger partial charge in [-0.05, 0) is 30.3 Å². The predicted octanol–water partition coefficient (Wildman–Crippen LogP) is 3.04. The van der Waals surface area contributed by atoms with Gasteiger partial charge in [0.25, 0.3) is 0 Å². The Morgan fingerprint density at radius 1 is 1.19 bits per heavy atom. The van der Waals surface area contributed by atoms with E-state index in [0.29, 0.717) is 5.69 Å². The van der Waals surface area contributed by atoms with Crippen molar-refractivity contribution in [3.05, 3.63) is 54.6 Å². The van der Waals surface area contributed by atoms with E-state index in [0.717, 1.165) is 4.90 Å². The number of nitriles is 1. The summed E-state index contributed by atoms with van der Waals surface area (Å²) < 4.78 is 0. The van der Waals surface area contributed by atoms with Gasteiger partial charge in [0.05, 0.1) is 11.8 Å². The molecular formula is C16H14N2O2S. The molecule has 0 aliphatic rings. The molecule has 0 saturated carbocycles. The Morgan fingerprint density at radius 2 is 1.95 bits per heavy atom. The van der Waals surface area contributed by atoms with Crippen LogP contribution >= 0.6 is 11.8 Å². The van der Waals surface area contributed by atoms with Crippen LogP contribution in [0.3, 0.4) is 0 Å². The molecule has 0 atom stereocenters. The van der Waals surface area contributed by atoms with Gasteiger partial charge in [0.2, 0.25) is 5.91 Å². The first-order valence-electron chi connectivity index (χ1n) is 6.35. The van der Waals surface area contributed by atoms with Gasteiger partial charge in [0.1, 0.15) is 12.3 Å². The maximum atomic E-state index is 12.3. The van der Waals surface area contributed by atoms with Crippen LogP contribution < -0.4 is 4.90 Å². The number of nitrogens with zero attached hydrogens (tertiary/aromatic N) is 2. The molecule has 1 N–H and O–H groups in total. The highest BCUT2D eigenvalue weighted by atomic mass is 32.2. The average molecular weight is 298 g/mol. The number of aromatic hydroxyl groups is 1. The van der Waals surface area contributed by atoms with Gasteiger partial charge < -0.3 is 5.11 Å². The van der Waals surface area contributed by atoms with E-state index in [-0.39, 0.29) is 24.0 Å². The molecule has 0 aliphatic heterocycles. The monoisotopic (exact) mass is 298 g/mol. The Hall–Kier alpha value is -2.45. The van der Waals surface area contributed by atoms with Gasteiger partial charge in [-0.3, -0.25) is 9.69 Å². The lowest BCUT2D eigenvalue weighted by Gasteiger charge is -2.19. The third-order valence-corrected chi connectivity index (χ3v) is 3.76. The Labute approximate surface area is 127 Å². The quantitative estimate of drug-likeness (QED) is 0.680. The first kappa shape index (κ1) is 14.9. The number of carbonyl (C=O) groups is 1. The second kappa shape index (κ2) is 7.36. The normalized spacial score (nSPS) is 9.86. The van der Waals surface area contributed by atoms with E-state index < -0.39 is 0 Å². The first-order valence-corrected chi connectivity index (χ1v) is 7.33. The average Bonchev–Trinajstić information content (AvgIpc) is 2.51. The SMILES string of the molecule is N#CCN(C(=O)CSc1cccc(O)c1)c1ccccc1. The Bertz CT molecular complexity index is 653. The number of anilines is 1. The third kappa shape index (κ3) is 4.26. The lowest BCUT2D eigenvalue weighted by Crippen LogP contribution is -2.32. The second-order valence-corrected chi connectivity index (χ2v) is 5.31. The van der Waals surface area contributed by atoms with Gasteiger partial charge in [-0.1, -0.05) is 24.3 Å². The maximum Gasteiger partial charge on any atom is 0.238 e. The molecule has 0 heterocycles. The third-order valence-electron chi connectivity index (χ3n) is 2.78. The summed E-state index contributed by atoms with van der Waals surface area (Å²) >= 11 is 1.33. The van der Waals surface area contributed by atoms with E-state index in [2.05, 4.69) is 0 Å². The number of thioether (sulfide) groups is 1. The van der Waals surface area contributed by atoms with Gasteiger partial charge >= 0.3 is 0 Å². The molecule has 106 valence electrons. The van der Waals surface area contributed by atoms with E-state index in [1.165, 1.54) is 16.7 Å². The highest BCUT2D eigenvalue weighted by Gasteiger charge is 2.15. The fourth-order valence-corrected chi connectivity index (χ4v) is 2.62. The molecule has 2 aromatic carbocycles. The number of para-hydroxylation sites is 1. The van der Waals surface area contributed by atoms with Crippen molar-refractivity contribution in [3.63, 3.8) is 0 Å². The largest absolute Gasteiger partial charge is 0.508 e. The zero-order valence-electron chi connectivity index (χ0n) is 11.3. The van der Waals surface area contributed by atoms with E-state index in [9.17, 15) is 9.90 Å². The number of benzene rings is 2. The van der Waals surface area contributed by atoms with E-state index in [1.807, 2.05) is 30.3 Å². The minimum atomic E-state index is -0.143. The van der Waals surface area contributed by atoms with Crippen molar-refractivity contribution in [3.8, 4) is 11.8 Å². The smallest absolute Gasteiger partial charge is 0.238 e. The lowest BCUT2D eigenvalue weighted by molar-refractivity contribution is -0.116.